The average molecular weight is 277 g/mol. The predicted molar refractivity (Wildman–Crippen MR) is 60.6 cm³/mol. The molecule has 1 aromatic heterocycles. The predicted octanol–water partition coefficient (Wildman–Crippen LogP) is 2.07. The van der Waals surface area contributed by atoms with Gasteiger partial charge >= 0.3 is 12.1 Å². The Labute approximate surface area is 107 Å². The topological polar surface area (TPSA) is 56.1 Å². The highest BCUT2D eigenvalue weighted by Gasteiger charge is 2.39. The van der Waals surface area contributed by atoms with E-state index in [0.29, 0.717) is 0 Å². The van der Waals surface area contributed by atoms with Crippen molar-refractivity contribution in [2.75, 3.05) is 18.5 Å². The molecular formula is C11H14F3N3O2. The summed E-state index contributed by atoms with van der Waals surface area (Å²) in [5, 5.41) is 6.29. The summed E-state index contributed by atoms with van der Waals surface area (Å²) in [7, 11) is 0. The molecule has 2 heterocycles. The minimum absolute atomic E-state index is 0.238. The zero-order valence-corrected chi connectivity index (χ0v) is 10.5. The van der Waals surface area contributed by atoms with Crippen LogP contribution in [0.5, 0.6) is 0 Å². The molecule has 8 heteroatoms. The van der Waals surface area contributed by atoms with Gasteiger partial charge in [0.2, 0.25) is 0 Å². The van der Waals surface area contributed by atoms with Crippen molar-refractivity contribution < 1.29 is 22.7 Å². The number of ether oxygens (including phenoxy) is 1. The Morgan fingerprint density at radius 3 is 2.89 bits per heavy atom. The summed E-state index contributed by atoms with van der Waals surface area (Å²) in [4.78, 5) is 11.7. The van der Waals surface area contributed by atoms with E-state index in [2.05, 4.69) is 10.4 Å². The molecular weight excluding hydrogens is 263 g/mol. The number of aromatic nitrogens is 2. The number of hydrogen-bond donors (Lipinski definition) is 1. The summed E-state index contributed by atoms with van der Waals surface area (Å²) in [6.07, 6.45) is -4.49. The fourth-order valence-electron chi connectivity index (χ4n) is 2.06. The molecule has 2 unspecified atom stereocenters. The van der Waals surface area contributed by atoms with Crippen LogP contribution in [0.25, 0.3) is 0 Å². The average Bonchev–Trinajstić information content (AvgIpc) is 2.74. The normalized spacial score (nSPS) is 22.6. The highest BCUT2D eigenvalue weighted by Crippen LogP contribution is 2.34. The molecule has 0 aliphatic carbocycles. The summed E-state index contributed by atoms with van der Waals surface area (Å²) < 4.78 is 43.8. The van der Waals surface area contributed by atoms with E-state index in [9.17, 15) is 18.0 Å². The van der Waals surface area contributed by atoms with E-state index in [1.807, 2.05) is 0 Å². The van der Waals surface area contributed by atoms with Crippen molar-refractivity contribution in [1.82, 2.24) is 9.78 Å². The molecule has 106 valence electrons. The molecule has 1 aromatic rings. The van der Waals surface area contributed by atoms with Crippen molar-refractivity contribution in [2.24, 2.45) is 5.92 Å². The second kappa shape index (κ2) is 4.75. The monoisotopic (exact) mass is 277 g/mol. The molecule has 0 amide bonds. The number of alkyl halides is 3. The first-order valence-electron chi connectivity index (χ1n) is 5.91. The fraction of sp³-hybridized carbons (Fsp3) is 0.636. The fourth-order valence-corrected chi connectivity index (χ4v) is 2.06. The summed E-state index contributed by atoms with van der Waals surface area (Å²) in [5.41, 5.74) is -0.966. The van der Waals surface area contributed by atoms with Crippen molar-refractivity contribution in [3.63, 3.8) is 0 Å². The van der Waals surface area contributed by atoms with Gasteiger partial charge < -0.3 is 10.1 Å². The number of fused-ring (bicyclic) bond motifs is 1. The number of nitrogens with one attached hydrogen (secondary N) is 1. The number of rotatable bonds is 2. The van der Waals surface area contributed by atoms with E-state index in [-0.39, 0.29) is 19.0 Å². The minimum atomic E-state index is -4.49. The van der Waals surface area contributed by atoms with Crippen LogP contribution in [0.15, 0.2) is 6.07 Å². The van der Waals surface area contributed by atoms with E-state index in [0.717, 1.165) is 6.07 Å². The Hall–Kier alpha value is -1.73. The molecule has 1 aliphatic rings. The quantitative estimate of drug-likeness (QED) is 0.841. The lowest BCUT2D eigenvalue weighted by Crippen LogP contribution is -2.37. The molecule has 0 aromatic carbocycles. The Morgan fingerprint density at radius 2 is 2.32 bits per heavy atom. The van der Waals surface area contributed by atoms with Crippen LogP contribution in [0.4, 0.5) is 19.0 Å². The van der Waals surface area contributed by atoms with Gasteiger partial charge in [-0.15, -0.1) is 0 Å². The third kappa shape index (κ3) is 2.52. The van der Waals surface area contributed by atoms with Gasteiger partial charge in [0.1, 0.15) is 5.82 Å². The number of carbonyl (C=O) groups is 1. The number of nitrogens with zero attached hydrogens (tertiary/aromatic N) is 2. The van der Waals surface area contributed by atoms with E-state index < -0.39 is 29.8 Å². The van der Waals surface area contributed by atoms with E-state index >= 15 is 0 Å². The molecule has 0 fully saturated rings. The van der Waals surface area contributed by atoms with Gasteiger partial charge in [0.15, 0.2) is 5.69 Å². The minimum Gasteiger partial charge on any atom is -0.466 e. The molecule has 5 nitrogen and oxygen atoms in total. The number of carbonyl (C=O) groups excluding carboxylic acids is 1. The van der Waals surface area contributed by atoms with Crippen LogP contribution in [0.1, 0.15) is 25.6 Å². The summed E-state index contributed by atoms with van der Waals surface area (Å²) in [6.45, 7) is 3.81. The van der Waals surface area contributed by atoms with Crippen LogP contribution in [0.3, 0.4) is 0 Å². The smallest absolute Gasteiger partial charge is 0.435 e. The zero-order chi connectivity index (χ0) is 14.2. The van der Waals surface area contributed by atoms with E-state index in [1.165, 1.54) is 4.68 Å². The standard InChI is InChI=1S/C11H14F3N3O2/c1-3-19-10(18)7-5-15-9-4-8(11(12,13)14)16-17(9)6(7)2/h4,6-7,15H,3,5H2,1-2H3. The van der Waals surface area contributed by atoms with Crippen molar-refractivity contribution >= 4 is 11.8 Å². The van der Waals surface area contributed by atoms with Crippen LogP contribution in [0, 0.1) is 5.92 Å². The summed E-state index contributed by atoms with van der Waals surface area (Å²) in [6, 6.07) is 0.462. The molecule has 19 heavy (non-hydrogen) atoms. The van der Waals surface area contributed by atoms with Crippen LogP contribution in [-0.2, 0) is 15.7 Å². The third-order valence-electron chi connectivity index (χ3n) is 3.09. The second-order valence-corrected chi connectivity index (χ2v) is 4.34. The maximum Gasteiger partial charge on any atom is 0.435 e. The molecule has 2 atom stereocenters. The SMILES string of the molecule is CCOC(=O)C1CNc2cc(C(F)(F)F)nn2C1C. The van der Waals surface area contributed by atoms with Crippen LogP contribution >= 0.6 is 0 Å². The lowest BCUT2D eigenvalue weighted by atomic mass is 10.00. The van der Waals surface area contributed by atoms with Gasteiger partial charge in [-0.05, 0) is 13.8 Å². The second-order valence-electron chi connectivity index (χ2n) is 4.34. The lowest BCUT2D eigenvalue weighted by Gasteiger charge is -2.29. The van der Waals surface area contributed by atoms with Gasteiger partial charge in [0, 0.05) is 12.6 Å². The first-order chi connectivity index (χ1) is 8.84. The Kier molecular flexibility index (Phi) is 3.42. The van der Waals surface area contributed by atoms with Crippen molar-refractivity contribution in [1.29, 1.82) is 0 Å². The van der Waals surface area contributed by atoms with Gasteiger partial charge in [-0.2, -0.15) is 18.3 Å². The van der Waals surface area contributed by atoms with Crippen molar-refractivity contribution in [3.05, 3.63) is 11.8 Å². The molecule has 2 rings (SSSR count). The number of esters is 1. The Morgan fingerprint density at radius 1 is 1.63 bits per heavy atom. The maximum atomic E-state index is 12.6. The van der Waals surface area contributed by atoms with Crippen LogP contribution < -0.4 is 5.32 Å². The molecule has 0 bridgehead atoms. The van der Waals surface area contributed by atoms with Crippen LogP contribution in [-0.4, -0.2) is 28.9 Å². The largest absolute Gasteiger partial charge is 0.466 e. The molecule has 0 radical (unpaired) electrons. The molecule has 1 N–H and O–H groups in total. The van der Waals surface area contributed by atoms with Gasteiger partial charge in [0.05, 0.1) is 18.6 Å². The van der Waals surface area contributed by atoms with Crippen LogP contribution in [0.2, 0.25) is 0 Å². The molecule has 0 spiro atoms. The summed E-state index contributed by atoms with van der Waals surface area (Å²) in [5.74, 6) is -0.717. The van der Waals surface area contributed by atoms with Gasteiger partial charge in [-0.1, -0.05) is 0 Å². The lowest BCUT2D eigenvalue weighted by molar-refractivity contribution is -0.149. The highest BCUT2D eigenvalue weighted by molar-refractivity contribution is 5.74. The van der Waals surface area contributed by atoms with Crippen molar-refractivity contribution in [3.8, 4) is 0 Å². The maximum absolute atomic E-state index is 12.6. The highest BCUT2D eigenvalue weighted by atomic mass is 19.4. The third-order valence-corrected chi connectivity index (χ3v) is 3.09. The van der Waals surface area contributed by atoms with Gasteiger partial charge in [0.25, 0.3) is 0 Å². The summed E-state index contributed by atoms with van der Waals surface area (Å²) >= 11 is 0. The molecule has 0 saturated carbocycles. The van der Waals surface area contributed by atoms with E-state index in [4.69, 9.17) is 4.74 Å². The zero-order valence-electron chi connectivity index (χ0n) is 10.5. The Balaban J connectivity index is 2.26. The number of anilines is 1. The van der Waals surface area contributed by atoms with Gasteiger partial charge in [-0.25, -0.2) is 4.68 Å². The van der Waals surface area contributed by atoms with Crippen molar-refractivity contribution in [2.45, 2.75) is 26.1 Å². The first-order valence-corrected chi connectivity index (χ1v) is 5.91. The number of hydrogen-bond acceptors (Lipinski definition) is 4. The van der Waals surface area contributed by atoms with E-state index in [1.54, 1.807) is 13.8 Å². The molecule has 1 aliphatic heterocycles. The first kappa shape index (κ1) is 13.7. The van der Waals surface area contributed by atoms with Gasteiger partial charge in [-0.3, -0.25) is 4.79 Å². The Bertz CT molecular complexity index is 484. The molecule has 0 saturated heterocycles. The number of halogens is 3.